The number of rotatable bonds is 10. The Bertz CT molecular complexity index is 1520. The highest BCUT2D eigenvalue weighted by Crippen LogP contribution is 2.36. The molecule has 0 fully saturated rings. The highest BCUT2D eigenvalue weighted by molar-refractivity contribution is 14.1. The molecule has 0 aliphatic heterocycles. The molecule has 0 saturated carbocycles. The van der Waals surface area contributed by atoms with E-state index in [9.17, 15) is 14.9 Å². The number of aromatic nitrogens is 1. The van der Waals surface area contributed by atoms with E-state index in [-0.39, 0.29) is 18.0 Å². The van der Waals surface area contributed by atoms with Crippen LogP contribution >= 0.6 is 22.6 Å². The van der Waals surface area contributed by atoms with E-state index in [4.69, 9.17) is 0 Å². The monoisotopic (exact) mass is 642 g/mol. The SMILES string of the molecule is C[C@H](NC(c1ccc(-c2ccnc(F)c2)cc1)C(C)(C)C#N)[C@@H](Cc1ccc(CI)cc1)c1cccc(C#N)c1. The lowest BCUT2D eigenvalue weighted by Crippen LogP contribution is -2.42. The molecule has 6 heteroatoms. The van der Waals surface area contributed by atoms with Gasteiger partial charge in [-0.3, -0.25) is 0 Å². The zero-order valence-corrected chi connectivity index (χ0v) is 25.1. The third-order valence-corrected chi connectivity index (χ3v) is 8.30. The molecule has 1 N–H and O–H groups in total. The molecular formula is C34H32FIN4. The number of alkyl halides is 1. The van der Waals surface area contributed by atoms with Crippen LogP contribution in [0.3, 0.4) is 0 Å². The first-order valence-electron chi connectivity index (χ1n) is 13.3. The Labute approximate surface area is 250 Å². The van der Waals surface area contributed by atoms with Gasteiger partial charge >= 0.3 is 0 Å². The van der Waals surface area contributed by atoms with Crippen LogP contribution in [0.4, 0.5) is 4.39 Å². The van der Waals surface area contributed by atoms with Crippen LogP contribution in [-0.2, 0) is 10.8 Å². The van der Waals surface area contributed by atoms with Crippen LogP contribution in [0.5, 0.6) is 0 Å². The second-order valence-electron chi connectivity index (χ2n) is 10.7. The first kappa shape index (κ1) is 29.4. The summed E-state index contributed by atoms with van der Waals surface area (Å²) in [4.78, 5) is 3.65. The third-order valence-electron chi connectivity index (χ3n) is 7.42. The predicted molar refractivity (Wildman–Crippen MR) is 166 cm³/mol. The van der Waals surface area contributed by atoms with Crippen molar-refractivity contribution in [3.05, 3.63) is 125 Å². The van der Waals surface area contributed by atoms with Crippen LogP contribution in [0, 0.1) is 34.0 Å². The Morgan fingerprint density at radius 3 is 2.23 bits per heavy atom. The molecule has 3 atom stereocenters. The van der Waals surface area contributed by atoms with E-state index in [0.717, 1.165) is 33.1 Å². The minimum atomic E-state index is -0.709. The maximum atomic E-state index is 13.7. The normalized spacial score (nSPS) is 13.6. The van der Waals surface area contributed by atoms with Gasteiger partial charge in [0.15, 0.2) is 0 Å². The minimum Gasteiger partial charge on any atom is -0.305 e. The zero-order valence-electron chi connectivity index (χ0n) is 22.9. The maximum Gasteiger partial charge on any atom is 0.213 e. The lowest BCUT2D eigenvalue weighted by molar-refractivity contribution is 0.281. The van der Waals surface area contributed by atoms with Crippen LogP contribution in [0.25, 0.3) is 11.1 Å². The standard InChI is InChI=1S/C34H32FIN4/c1-23(31(30-6-4-5-26(17-30)21-37)18-24-7-9-25(20-36)10-8-24)40-33(34(2,3)22-38)28-13-11-27(12-14-28)29-15-16-39-32(35)19-29/h4-17,19,23,31,33,40H,18,20H2,1-3H3/t23-,31+,33?/m0/s1. The Kier molecular flexibility index (Phi) is 9.68. The van der Waals surface area contributed by atoms with E-state index in [1.54, 1.807) is 6.07 Å². The smallest absolute Gasteiger partial charge is 0.213 e. The number of hydrogen-bond donors (Lipinski definition) is 1. The van der Waals surface area contributed by atoms with Gasteiger partial charge in [0.25, 0.3) is 0 Å². The molecule has 4 nitrogen and oxygen atoms in total. The van der Waals surface area contributed by atoms with E-state index in [1.807, 2.05) is 56.3 Å². The van der Waals surface area contributed by atoms with Crippen molar-refractivity contribution in [2.24, 2.45) is 5.41 Å². The highest BCUT2D eigenvalue weighted by atomic mass is 127. The van der Waals surface area contributed by atoms with Gasteiger partial charge in [0, 0.05) is 28.7 Å². The summed E-state index contributed by atoms with van der Waals surface area (Å²) in [5.74, 6) is -0.453. The summed E-state index contributed by atoms with van der Waals surface area (Å²) in [6, 6.07) is 32.1. The molecule has 4 rings (SSSR count). The largest absolute Gasteiger partial charge is 0.305 e. The molecule has 0 spiro atoms. The van der Waals surface area contributed by atoms with Crippen molar-refractivity contribution in [3.8, 4) is 23.3 Å². The first-order valence-corrected chi connectivity index (χ1v) is 14.8. The molecule has 0 aliphatic carbocycles. The molecule has 0 radical (unpaired) electrons. The molecule has 1 heterocycles. The summed E-state index contributed by atoms with van der Waals surface area (Å²) in [5.41, 5.74) is 6.13. The second-order valence-corrected chi connectivity index (χ2v) is 11.5. The summed E-state index contributed by atoms with van der Waals surface area (Å²) in [6.45, 7) is 6.03. The molecular weight excluding hydrogens is 610 g/mol. The molecule has 4 aromatic rings. The van der Waals surface area contributed by atoms with Crippen LogP contribution in [0.2, 0.25) is 0 Å². The average Bonchev–Trinajstić information content (AvgIpc) is 2.99. The zero-order chi connectivity index (χ0) is 28.7. The van der Waals surface area contributed by atoms with Gasteiger partial charge in [-0.2, -0.15) is 14.9 Å². The lowest BCUT2D eigenvalue weighted by Gasteiger charge is -2.36. The van der Waals surface area contributed by atoms with E-state index in [0.29, 0.717) is 5.56 Å². The Morgan fingerprint density at radius 2 is 1.60 bits per heavy atom. The number of halogens is 2. The van der Waals surface area contributed by atoms with Gasteiger partial charge in [0.1, 0.15) is 0 Å². The van der Waals surface area contributed by atoms with Crippen molar-refractivity contribution in [2.75, 3.05) is 0 Å². The van der Waals surface area contributed by atoms with Crippen LogP contribution in [-0.4, -0.2) is 11.0 Å². The number of nitriles is 2. The fourth-order valence-corrected chi connectivity index (χ4v) is 5.56. The van der Waals surface area contributed by atoms with Crippen molar-refractivity contribution in [1.29, 1.82) is 10.5 Å². The van der Waals surface area contributed by atoms with Gasteiger partial charge in [-0.1, -0.05) is 83.3 Å². The number of benzene rings is 3. The minimum absolute atomic E-state index is 0.0233. The topological polar surface area (TPSA) is 72.5 Å². The predicted octanol–water partition coefficient (Wildman–Crippen LogP) is 8.29. The number of nitrogens with one attached hydrogen (secondary N) is 1. The fraction of sp³-hybridized carbons (Fsp3) is 0.265. The Balaban J connectivity index is 1.67. The molecule has 40 heavy (non-hydrogen) atoms. The summed E-state index contributed by atoms with van der Waals surface area (Å²) < 4.78 is 14.6. The summed E-state index contributed by atoms with van der Waals surface area (Å²) in [7, 11) is 0. The summed E-state index contributed by atoms with van der Waals surface area (Å²) >= 11 is 2.37. The molecule has 0 aliphatic rings. The number of pyridine rings is 1. The van der Waals surface area contributed by atoms with Crippen molar-refractivity contribution in [2.45, 2.75) is 49.6 Å². The molecule has 202 valence electrons. The van der Waals surface area contributed by atoms with Crippen molar-refractivity contribution < 1.29 is 4.39 Å². The summed E-state index contributed by atoms with van der Waals surface area (Å²) in [6.07, 6.45) is 2.25. The van der Waals surface area contributed by atoms with Crippen molar-refractivity contribution in [1.82, 2.24) is 10.3 Å². The van der Waals surface area contributed by atoms with Crippen molar-refractivity contribution >= 4 is 22.6 Å². The second kappa shape index (κ2) is 13.2. The third kappa shape index (κ3) is 7.13. The fourth-order valence-electron chi connectivity index (χ4n) is 5.06. The van der Waals surface area contributed by atoms with Gasteiger partial charge in [-0.05, 0) is 78.8 Å². The number of hydrogen-bond acceptors (Lipinski definition) is 4. The average molecular weight is 643 g/mol. The van der Waals surface area contributed by atoms with Crippen LogP contribution in [0.1, 0.15) is 60.5 Å². The maximum absolute atomic E-state index is 13.7. The lowest BCUT2D eigenvalue weighted by atomic mass is 9.79. The number of nitrogens with zero attached hydrogens (tertiary/aromatic N) is 3. The van der Waals surface area contributed by atoms with Gasteiger partial charge < -0.3 is 5.32 Å². The van der Waals surface area contributed by atoms with Gasteiger partial charge in [0.05, 0.1) is 29.2 Å². The Morgan fingerprint density at radius 1 is 0.900 bits per heavy atom. The van der Waals surface area contributed by atoms with Gasteiger partial charge in [-0.25, -0.2) is 4.98 Å². The van der Waals surface area contributed by atoms with Gasteiger partial charge in [0.2, 0.25) is 5.95 Å². The summed E-state index contributed by atoms with van der Waals surface area (Å²) in [5, 5.41) is 23.5. The molecule has 1 aromatic heterocycles. The molecule has 0 amide bonds. The molecule has 1 unspecified atom stereocenters. The van der Waals surface area contributed by atoms with E-state index >= 15 is 0 Å². The van der Waals surface area contributed by atoms with E-state index < -0.39 is 11.4 Å². The molecule has 0 bridgehead atoms. The highest BCUT2D eigenvalue weighted by Gasteiger charge is 2.34. The van der Waals surface area contributed by atoms with Crippen molar-refractivity contribution in [3.63, 3.8) is 0 Å². The van der Waals surface area contributed by atoms with E-state index in [1.165, 1.54) is 23.4 Å². The van der Waals surface area contributed by atoms with Crippen LogP contribution in [0.15, 0.2) is 91.1 Å². The van der Waals surface area contributed by atoms with Crippen LogP contribution < -0.4 is 5.32 Å². The molecule has 3 aromatic carbocycles. The molecule has 0 saturated heterocycles. The van der Waals surface area contributed by atoms with Gasteiger partial charge in [-0.15, -0.1) is 0 Å². The first-order chi connectivity index (χ1) is 19.2. The van der Waals surface area contributed by atoms with E-state index in [2.05, 4.69) is 82.3 Å². The quantitative estimate of drug-likeness (QED) is 0.107. The Hall–Kier alpha value is -3.59.